The maximum atomic E-state index is 12.2. The summed E-state index contributed by atoms with van der Waals surface area (Å²) in [6.45, 7) is 7.87. The third-order valence-corrected chi connectivity index (χ3v) is 6.77. The zero-order chi connectivity index (χ0) is 21.8. The summed E-state index contributed by atoms with van der Waals surface area (Å²) in [5.74, 6) is 1.23. The van der Waals surface area contributed by atoms with Gasteiger partial charge in [-0.15, -0.1) is 0 Å². The molecule has 0 unspecified atom stereocenters. The van der Waals surface area contributed by atoms with Gasteiger partial charge in [-0.1, -0.05) is 6.42 Å². The van der Waals surface area contributed by atoms with Gasteiger partial charge in [-0.05, 0) is 25.7 Å². The van der Waals surface area contributed by atoms with Crippen LogP contribution in [0.2, 0.25) is 0 Å². The van der Waals surface area contributed by atoms with Crippen LogP contribution in [0.1, 0.15) is 26.2 Å². The quantitative estimate of drug-likeness (QED) is 0.201. The highest BCUT2D eigenvalue weighted by atomic mass is 32.2. The van der Waals surface area contributed by atoms with Crippen LogP contribution in [-0.4, -0.2) is 108 Å². The third-order valence-electron chi connectivity index (χ3n) is 5.44. The number of guanidine groups is 1. The van der Waals surface area contributed by atoms with Crippen LogP contribution in [-0.2, 0) is 19.6 Å². The number of rotatable bonds is 12. The van der Waals surface area contributed by atoms with Gasteiger partial charge >= 0.3 is 0 Å². The van der Waals surface area contributed by atoms with Gasteiger partial charge in [0.05, 0.1) is 25.4 Å². The maximum Gasteiger partial charge on any atom is 0.234 e. The maximum absolute atomic E-state index is 12.2. The van der Waals surface area contributed by atoms with E-state index in [1.807, 2.05) is 6.92 Å². The molecule has 3 N–H and O–H groups in total. The molecule has 30 heavy (non-hydrogen) atoms. The second-order valence-electron chi connectivity index (χ2n) is 7.81. The van der Waals surface area contributed by atoms with E-state index in [4.69, 9.17) is 4.74 Å². The van der Waals surface area contributed by atoms with Crippen molar-refractivity contribution in [2.24, 2.45) is 10.9 Å². The number of amides is 1. The summed E-state index contributed by atoms with van der Waals surface area (Å²) in [7, 11) is -1.68. The van der Waals surface area contributed by atoms with Crippen molar-refractivity contribution in [3.63, 3.8) is 0 Å². The van der Waals surface area contributed by atoms with Gasteiger partial charge in [0, 0.05) is 52.9 Å². The second kappa shape index (κ2) is 13.1. The molecule has 1 saturated heterocycles. The Balaban J connectivity index is 1.74. The van der Waals surface area contributed by atoms with Crippen molar-refractivity contribution in [3.05, 3.63) is 0 Å². The van der Waals surface area contributed by atoms with Gasteiger partial charge in [-0.2, -0.15) is 0 Å². The predicted molar refractivity (Wildman–Crippen MR) is 118 cm³/mol. The van der Waals surface area contributed by atoms with E-state index in [1.165, 1.54) is 6.42 Å². The Hall–Kier alpha value is -1.43. The number of carbonyl (C=O) groups excluding carboxylic acids is 1. The van der Waals surface area contributed by atoms with Crippen LogP contribution in [0.4, 0.5) is 0 Å². The highest BCUT2D eigenvalue weighted by Gasteiger charge is 2.22. The van der Waals surface area contributed by atoms with E-state index in [1.54, 1.807) is 7.11 Å². The van der Waals surface area contributed by atoms with Gasteiger partial charge in [-0.3, -0.25) is 14.7 Å². The average molecular weight is 447 g/mol. The topological polar surface area (TPSA) is 115 Å². The molecule has 174 valence electrons. The van der Waals surface area contributed by atoms with Gasteiger partial charge in [0.1, 0.15) is 0 Å². The summed E-state index contributed by atoms with van der Waals surface area (Å²) >= 11 is 0. The first-order valence-corrected chi connectivity index (χ1v) is 12.6. The second-order valence-corrected chi connectivity index (χ2v) is 9.73. The highest BCUT2D eigenvalue weighted by Crippen LogP contribution is 2.25. The third kappa shape index (κ3) is 9.15. The Labute approximate surface area is 180 Å². The van der Waals surface area contributed by atoms with E-state index < -0.39 is 10.0 Å². The zero-order valence-electron chi connectivity index (χ0n) is 18.4. The molecular formula is C19H38N6O4S. The fraction of sp³-hybridized carbons (Fsp3) is 0.895. The molecule has 1 amide bonds. The number of piperazine rings is 1. The Morgan fingerprint density at radius 3 is 2.50 bits per heavy atom. The van der Waals surface area contributed by atoms with Crippen molar-refractivity contribution in [3.8, 4) is 0 Å². The van der Waals surface area contributed by atoms with Crippen molar-refractivity contribution in [1.82, 2.24) is 25.2 Å². The lowest BCUT2D eigenvalue weighted by Crippen LogP contribution is -2.54. The lowest BCUT2D eigenvalue weighted by atomic mass is 9.86. The van der Waals surface area contributed by atoms with Crippen molar-refractivity contribution < 1.29 is 17.9 Å². The fourth-order valence-electron chi connectivity index (χ4n) is 3.38. The van der Waals surface area contributed by atoms with E-state index in [-0.39, 0.29) is 18.2 Å². The van der Waals surface area contributed by atoms with Crippen LogP contribution in [0.15, 0.2) is 4.99 Å². The average Bonchev–Trinajstić information content (AvgIpc) is 2.67. The first-order valence-electron chi connectivity index (χ1n) is 10.9. The van der Waals surface area contributed by atoms with Crippen LogP contribution in [0.3, 0.4) is 0 Å². The first-order chi connectivity index (χ1) is 14.4. The van der Waals surface area contributed by atoms with Crippen molar-refractivity contribution >= 4 is 21.9 Å². The molecule has 2 fully saturated rings. The van der Waals surface area contributed by atoms with E-state index in [0.29, 0.717) is 38.7 Å². The normalized spacial score (nSPS) is 18.9. The lowest BCUT2D eigenvalue weighted by Gasteiger charge is -2.36. The Morgan fingerprint density at radius 1 is 1.17 bits per heavy atom. The summed E-state index contributed by atoms with van der Waals surface area (Å²) in [5, 5.41) is 6.08. The first kappa shape index (κ1) is 24.8. The van der Waals surface area contributed by atoms with Gasteiger partial charge < -0.3 is 20.3 Å². The zero-order valence-corrected chi connectivity index (χ0v) is 19.2. The van der Waals surface area contributed by atoms with E-state index in [2.05, 4.69) is 30.1 Å². The number of sulfonamides is 1. The molecule has 1 saturated carbocycles. The van der Waals surface area contributed by atoms with Gasteiger partial charge in [-0.25, -0.2) is 13.1 Å². The summed E-state index contributed by atoms with van der Waals surface area (Å²) in [6, 6.07) is 0. The summed E-state index contributed by atoms with van der Waals surface area (Å²) in [6.07, 6.45) is 3.44. The molecule has 0 spiro atoms. The molecule has 1 aliphatic heterocycles. The van der Waals surface area contributed by atoms with Crippen LogP contribution >= 0.6 is 0 Å². The Kier molecular flexibility index (Phi) is 10.8. The van der Waals surface area contributed by atoms with Gasteiger partial charge in [0.25, 0.3) is 0 Å². The monoisotopic (exact) mass is 446 g/mol. The van der Waals surface area contributed by atoms with Gasteiger partial charge in [0.2, 0.25) is 15.9 Å². The molecule has 2 aliphatic rings. The van der Waals surface area contributed by atoms with Crippen LogP contribution in [0.25, 0.3) is 0 Å². The Bertz CT molecular complexity index is 645. The van der Waals surface area contributed by atoms with E-state index in [9.17, 15) is 13.2 Å². The number of hydrogen-bond donors (Lipinski definition) is 3. The molecule has 1 aliphatic carbocycles. The number of carbonyl (C=O) groups is 1. The van der Waals surface area contributed by atoms with Gasteiger partial charge in [0.15, 0.2) is 5.96 Å². The lowest BCUT2D eigenvalue weighted by molar-refractivity contribution is -0.122. The number of ether oxygens (including phenoxy) is 1. The molecule has 2 rings (SSSR count). The molecule has 1 heterocycles. The summed E-state index contributed by atoms with van der Waals surface area (Å²) in [5.41, 5.74) is 0. The standard InChI is InChI=1S/C19H38N6O4S/c1-3-20-19(22-8-14-30(27,28)23-15-17-5-4-6-17)25-11-9-24(10-12-25)16-18(26)21-7-13-29-2/h17,23H,3-16H2,1-2H3,(H,20,22)(H,21,26). The smallest absolute Gasteiger partial charge is 0.234 e. The van der Waals surface area contributed by atoms with Crippen LogP contribution in [0, 0.1) is 5.92 Å². The van der Waals surface area contributed by atoms with Crippen molar-refractivity contribution in [2.75, 3.05) is 78.4 Å². The highest BCUT2D eigenvalue weighted by molar-refractivity contribution is 7.89. The summed E-state index contributed by atoms with van der Waals surface area (Å²) < 4.78 is 32.0. The number of hydrogen-bond acceptors (Lipinski definition) is 6. The number of aliphatic imine (C=N–C) groups is 1. The van der Waals surface area contributed by atoms with Crippen molar-refractivity contribution in [1.29, 1.82) is 0 Å². The molecule has 0 aromatic heterocycles. The van der Waals surface area contributed by atoms with Crippen LogP contribution < -0.4 is 15.4 Å². The minimum Gasteiger partial charge on any atom is -0.383 e. The van der Waals surface area contributed by atoms with E-state index in [0.717, 1.165) is 45.0 Å². The number of nitrogens with one attached hydrogen (secondary N) is 3. The molecule has 11 heteroatoms. The molecular weight excluding hydrogens is 408 g/mol. The minimum absolute atomic E-state index is 0.000631. The van der Waals surface area contributed by atoms with E-state index >= 15 is 0 Å². The predicted octanol–water partition coefficient (Wildman–Crippen LogP) is -0.948. The molecule has 0 atom stereocenters. The largest absolute Gasteiger partial charge is 0.383 e. The molecule has 10 nitrogen and oxygen atoms in total. The number of nitrogens with zero attached hydrogens (tertiary/aromatic N) is 3. The molecule has 0 radical (unpaired) electrons. The van der Waals surface area contributed by atoms with Crippen LogP contribution in [0.5, 0.6) is 0 Å². The fourth-order valence-corrected chi connectivity index (χ4v) is 4.35. The summed E-state index contributed by atoms with van der Waals surface area (Å²) in [4.78, 5) is 20.7. The molecule has 0 bridgehead atoms. The number of methoxy groups -OCH3 is 1. The molecule has 0 aromatic rings. The SMILES string of the molecule is CCNC(=NCCS(=O)(=O)NCC1CCC1)N1CCN(CC(=O)NCCOC)CC1. The Morgan fingerprint density at radius 2 is 1.90 bits per heavy atom. The minimum atomic E-state index is -3.29. The van der Waals surface area contributed by atoms with Crippen molar-refractivity contribution in [2.45, 2.75) is 26.2 Å². The molecule has 0 aromatic carbocycles.